The van der Waals surface area contributed by atoms with E-state index in [-0.39, 0.29) is 30.7 Å². The van der Waals surface area contributed by atoms with E-state index in [0.29, 0.717) is 35.2 Å². The third-order valence-electron chi connectivity index (χ3n) is 6.04. The quantitative estimate of drug-likeness (QED) is 0.530. The van der Waals surface area contributed by atoms with Crippen LogP contribution in [0.5, 0.6) is 5.75 Å². The van der Waals surface area contributed by atoms with E-state index in [1.165, 1.54) is 7.11 Å². The average molecular weight is 434 g/mol. The van der Waals surface area contributed by atoms with Crippen LogP contribution in [0.15, 0.2) is 77.1 Å². The molecule has 2 aromatic carbocycles. The highest BCUT2D eigenvalue weighted by Crippen LogP contribution is 2.46. The zero-order chi connectivity index (χ0) is 22.7. The molecule has 1 heterocycles. The summed E-state index contributed by atoms with van der Waals surface area (Å²) >= 11 is 0. The van der Waals surface area contributed by atoms with E-state index < -0.39 is 11.9 Å². The van der Waals surface area contributed by atoms with Gasteiger partial charge in [0.25, 0.3) is 0 Å². The van der Waals surface area contributed by atoms with Gasteiger partial charge in [-0.2, -0.15) is 0 Å². The number of hydrogen-bond acceptors (Lipinski definition) is 6. The molecule has 0 bridgehead atoms. The number of benzene rings is 2. The van der Waals surface area contributed by atoms with E-state index in [4.69, 9.17) is 9.47 Å². The van der Waals surface area contributed by atoms with Gasteiger partial charge in [0.05, 0.1) is 12.2 Å². The van der Waals surface area contributed by atoms with Crippen molar-refractivity contribution in [1.29, 1.82) is 0 Å². The molecule has 166 valence electrons. The summed E-state index contributed by atoms with van der Waals surface area (Å²) in [6, 6.07) is 16.7. The van der Waals surface area contributed by atoms with Crippen LogP contribution in [-0.4, -0.2) is 37.2 Å². The molecular weight excluding hydrogens is 406 g/mol. The first-order valence-corrected chi connectivity index (χ1v) is 10.7. The number of rotatable bonds is 6. The first-order valence-electron chi connectivity index (χ1n) is 10.7. The van der Waals surface area contributed by atoms with E-state index in [1.807, 2.05) is 43.3 Å². The molecule has 0 amide bonds. The number of carbonyl (C=O) groups excluding carboxylic acids is 2. The number of dihydropyridines is 1. The van der Waals surface area contributed by atoms with E-state index in [1.54, 1.807) is 18.2 Å². The molecule has 0 saturated carbocycles. The highest BCUT2D eigenvalue weighted by atomic mass is 16.6. The van der Waals surface area contributed by atoms with Crippen molar-refractivity contribution < 1.29 is 24.2 Å². The Hall–Kier alpha value is -3.38. The Morgan fingerprint density at radius 1 is 1.06 bits per heavy atom. The predicted molar refractivity (Wildman–Crippen MR) is 120 cm³/mol. The van der Waals surface area contributed by atoms with Crippen molar-refractivity contribution in [3.8, 4) is 5.75 Å². The Kier molecular flexibility index (Phi) is 6.42. The second kappa shape index (κ2) is 9.40. The average Bonchev–Trinajstić information content (AvgIpc) is 2.78. The van der Waals surface area contributed by atoms with Gasteiger partial charge in [-0.25, -0.2) is 4.79 Å². The monoisotopic (exact) mass is 433 g/mol. The number of hydrogen-bond donors (Lipinski definition) is 2. The molecule has 0 fully saturated rings. The third-order valence-corrected chi connectivity index (χ3v) is 6.04. The first kappa shape index (κ1) is 21.8. The lowest BCUT2D eigenvalue weighted by atomic mass is 9.71. The number of Topliss-reactive ketones (excluding diaryl/α,β-unsaturated/α-hetero) is 1. The highest BCUT2D eigenvalue weighted by molar-refractivity contribution is 6.04. The molecule has 0 saturated heterocycles. The second-order valence-electron chi connectivity index (χ2n) is 8.15. The number of allylic oxidation sites excluding steroid dienone is 3. The van der Waals surface area contributed by atoms with Crippen LogP contribution in [0.2, 0.25) is 0 Å². The van der Waals surface area contributed by atoms with Crippen molar-refractivity contribution in [3.05, 3.63) is 88.3 Å². The maximum Gasteiger partial charge on any atom is 0.336 e. The first-order chi connectivity index (χ1) is 15.5. The molecule has 2 aliphatic rings. The Labute approximate surface area is 187 Å². The fourth-order valence-electron chi connectivity index (χ4n) is 4.60. The third kappa shape index (κ3) is 4.32. The zero-order valence-corrected chi connectivity index (χ0v) is 18.3. The van der Waals surface area contributed by atoms with E-state index >= 15 is 0 Å². The lowest BCUT2D eigenvalue weighted by Crippen LogP contribution is -2.36. The van der Waals surface area contributed by atoms with Crippen LogP contribution in [0.1, 0.15) is 42.7 Å². The maximum atomic E-state index is 13.5. The number of phenolic OH excluding ortho intramolecular Hbond substituents is 1. The minimum atomic E-state index is -0.599. The minimum Gasteiger partial charge on any atom is -0.508 e. The van der Waals surface area contributed by atoms with E-state index in [9.17, 15) is 14.7 Å². The zero-order valence-electron chi connectivity index (χ0n) is 18.3. The highest BCUT2D eigenvalue weighted by Gasteiger charge is 2.41. The Bertz CT molecular complexity index is 1090. The molecule has 2 aromatic rings. The molecule has 0 spiro atoms. The summed E-state index contributed by atoms with van der Waals surface area (Å²) in [5, 5.41) is 13.4. The van der Waals surface area contributed by atoms with Crippen LogP contribution in [0, 0.1) is 0 Å². The van der Waals surface area contributed by atoms with Crippen molar-refractivity contribution in [1.82, 2.24) is 5.32 Å². The van der Waals surface area contributed by atoms with Crippen LogP contribution in [0.3, 0.4) is 0 Å². The van der Waals surface area contributed by atoms with Gasteiger partial charge in [-0.1, -0.05) is 42.5 Å². The van der Waals surface area contributed by atoms with Crippen LogP contribution in [-0.2, 0) is 19.1 Å². The molecule has 0 aromatic heterocycles. The summed E-state index contributed by atoms with van der Waals surface area (Å²) in [5.74, 6) is -0.945. The van der Waals surface area contributed by atoms with Crippen molar-refractivity contribution in [2.45, 2.75) is 31.6 Å². The Morgan fingerprint density at radius 2 is 1.81 bits per heavy atom. The molecule has 1 aliphatic carbocycles. The van der Waals surface area contributed by atoms with Gasteiger partial charge in [0.15, 0.2) is 5.78 Å². The number of ketones is 1. The van der Waals surface area contributed by atoms with Crippen LogP contribution in [0.4, 0.5) is 0 Å². The molecule has 2 atom stereocenters. The van der Waals surface area contributed by atoms with Crippen LogP contribution in [0.25, 0.3) is 0 Å². The molecular formula is C26H27NO5. The normalized spacial score (nSPS) is 20.6. The van der Waals surface area contributed by atoms with Gasteiger partial charge in [0, 0.05) is 36.4 Å². The summed E-state index contributed by atoms with van der Waals surface area (Å²) in [5.41, 5.74) is 4.25. The van der Waals surface area contributed by atoms with Gasteiger partial charge in [0.2, 0.25) is 0 Å². The van der Waals surface area contributed by atoms with E-state index in [0.717, 1.165) is 11.3 Å². The van der Waals surface area contributed by atoms with Gasteiger partial charge in [-0.05, 0) is 42.5 Å². The Morgan fingerprint density at radius 3 is 2.53 bits per heavy atom. The lowest BCUT2D eigenvalue weighted by Gasteiger charge is -2.36. The van der Waals surface area contributed by atoms with Crippen molar-refractivity contribution in [2.75, 3.05) is 20.3 Å². The number of ether oxygens (including phenoxy) is 2. The fourth-order valence-corrected chi connectivity index (χ4v) is 4.60. The van der Waals surface area contributed by atoms with Crippen molar-refractivity contribution in [2.24, 2.45) is 0 Å². The number of phenols is 1. The molecule has 6 nitrogen and oxygen atoms in total. The molecule has 2 N–H and O–H groups in total. The molecule has 1 aliphatic heterocycles. The Balaban J connectivity index is 1.75. The molecule has 0 radical (unpaired) electrons. The fraction of sp³-hybridized carbons (Fsp3) is 0.308. The predicted octanol–water partition coefficient (Wildman–Crippen LogP) is 3.94. The lowest BCUT2D eigenvalue weighted by molar-refractivity contribution is -0.140. The minimum absolute atomic E-state index is 0.00404. The van der Waals surface area contributed by atoms with E-state index in [2.05, 4.69) is 5.32 Å². The molecule has 32 heavy (non-hydrogen) atoms. The number of aromatic hydroxyl groups is 1. The summed E-state index contributed by atoms with van der Waals surface area (Å²) in [6.07, 6.45) is 1.04. The number of nitrogens with one attached hydrogen (secondary N) is 1. The summed E-state index contributed by atoms with van der Waals surface area (Å²) in [7, 11) is 1.54. The maximum absolute atomic E-state index is 13.5. The number of esters is 1. The van der Waals surface area contributed by atoms with Crippen LogP contribution < -0.4 is 5.32 Å². The smallest absolute Gasteiger partial charge is 0.336 e. The number of carbonyl (C=O) groups is 2. The standard InChI is InChI=1S/C26H27NO5/c1-16-23(26(30)32-12-11-31-2)24(18-9-6-10-20(28)13-18)25-21(27-16)14-19(15-22(25)29)17-7-4-3-5-8-17/h3-10,13,19,24,27-28H,11-12,14-15H2,1-2H3. The molecule has 2 unspecified atom stereocenters. The van der Waals surface area contributed by atoms with Crippen LogP contribution >= 0.6 is 0 Å². The SMILES string of the molecule is COCCOC(=O)C1=C(C)NC2=C(C(=O)CC(c3ccccc3)C2)C1c1cccc(O)c1. The van der Waals surface area contributed by atoms with Gasteiger partial charge in [0.1, 0.15) is 12.4 Å². The van der Waals surface area contributed by atoms with Gasteiger partial charge in [-0.15, -0.1) is 0 Å². The summed E-state index contributed by atoms with van der Waals surface area (Å²) < 4.78 is 10.4. The van der Waals surface area contributed by atoms with Crippen molar-refractivity contribution in [3.63, 3.8) is 0 Å². The second-order valence-corrected chi connectivity index (χ2v) is 8.15. The van der Waals surface area contributed by atoms with Gasteiger partial charge < -0.3 is 19.9 Å². The molecule has 4 rings (SSSR count). The van der Waals surface area contributed by atoms with Crippen molar-refractivity contribution >= 4 is 11.8 Å². The summed E-state index contributed by atoms with van der Waals surface area (Å²) in [6.45, 7) is 2.23. The molecule has 6 heteroatoms. The topological polar surface area (TPSA) is 84.9 Å². The summed E-state index contributed by atoms with van der Waals surface area (Å²) in [4.78, 5) is 26.5. The number of methoxy groups -OCH3 is 1. The van der Waals surface area contributed by atoms with Gasteiger partial charge in [-0.3, -0.25) is 4.79 Å². The largest absolute Gasteiger partial charge is 0.508 e. The van der Waals surface area contributed by atoms with Gasteiger partial charge >= 0.3 is 5.97 Å².